The maximum absolute atomic E-state index is 9.78. The topological polar surface area (TPSA) is 79.2 Å². The van der Waals surface area contributed by atoms with Gasteiger partial charge in [0.25, 0.3) is 0 Å². The van der Waals surface area contributed by atoms with Crippen LogP contribution in [0.2, 0.25) is 0 Å². The Morgan fingerprint density at radius 2 is 1.07 bits per heavy atom. The van der Waals surface area contributed by atoms with E-state index in [1.54, 1.807) is 0 Å². The molecular weight excluding hydrogens is 356 g/mol. The average molecular weight is 403 g/mol. The normalized spacial score (nSPS) is 25.3. The van der Waals surface area contributed by atoms with Crippen molar-refractivity contribution in [2.24, 2.45) is 0 Å². The number of unbranched alkanes of at least 4 members (excludes halogenated alkanes) is 15. The highest BCUT2D eigenvalue weighted by Gasteiger charge is 2.37. The van der Waals surface area contributed by atoms with Gasteiger partial charge >= 0.3 is 0 Å². The molecular formula is C23H46O5. The highest BCUT2D eigenvalue weighted by atomic mass is 16.7. The van der Waals surface area contributed by atoms with Crippen LogP contribution in [0.5, 0.6) is 0 Å². The predicted octanol–water partition coefficient (Wildman–Crippen LogP) is 4.70. The predicted molar refractivity (Wildman–Crippen MR) is 113 cm³/mol. The molecule has 1 fully saturated rings. The number of aliphatic hydroxyl groups is 3. The number of ether oxygens (including phenoxy) is 2. The average Bonchev–Trinajstić information content (AvgIpc) is 2.70. The third kappa shape index (κ3) is 12.4. The van der Waals surface area contributed by atoms with Gasteiger partial charge in [-0.2, -0.15) is 0 Å². The molecule has 168 valence electrons. The second kappa shape index (κ2) is 17.6. The molecule has 1 rings (SSSR count). The molecule has 0 bridgehead atoms. The van der Waals surface area contributed by atoms with E-state index in [2.05, 4.69) is 6.92 Å². The Kier molecular flexibility index (Phi) is 16.3. The van der Waals surface area contributed by atoms with Crippen LogP contribution in [0, 0.1) is 0 Å². The van der Waals surface area contributed by atoms with E-state index in [1.165, 1.54) is 89.9 Å². The first-order valence-corrected chi connectivity index (χ1v) is 11.9. The fourth-order valence-corrected chi connectivity index (χ4v) is 3.78. The SMILES string of the molecule is CCCCCCCCCCCCCCCCCCO[C@@H]1OC[C@@H](O)[C@H](O)[C@H]1O. The van der Waals surface area contributed by atoms with E-state index in [0.29, 0.717) is 6.61 Å². The Morgan fingerprint density at radius 3 is 1.54 bits per heavy atom. The summed E-state index contributed by atoms with van der Waals surface area (Å²) in [6, 6.07) is 0. The minimum absolute atomic E-state index is 0.00184. The molecule has 28 heavy (non-hydrogen) atoms. The molecule has 0 aromatic carbocycles. The molecule has 0 aromatic rings. The van der Waals surface area contributed by atoms with Crippen LogP contribution in [0.25, 0.3) is 0 Å². The maximum atomic E-state index is 9.78. The molecule has 0 aromatic heterocycles. The first-order valence-electron chi connectivity index (χ1n) is 11.9. The van der Waals surface area contributed by atoms with E-state index in [9.17, 15) is 15.3 Å². The molecule has 1 aliphatic heterocycles. The quantitative estimate of drug-likeness (QED) is 0.290. The molecule has 4 atom stereocenters. The molecule has 3 N–H and O–H groups in total. The fraction of sp³-hybridized carbons (Fsp3) is 1.00. The largest absolute Gasteiger partial charge is 0.388 e. The van der Waals surface area contributed by atoms with Gasteiger partial charge in [0, 0.05) is 6.61 Å². The summed E-state index contributed by atoms with van der Waals surface area (Å²) in [6.07, 6.45) is 17.1. The lowest BCUT2D eigenvalue weighted by Gasteiger charge is -2.34. The Hall–Kier alpha value is -0.200. The number of hydrogen-bond acceptors (Lipinski definition) is 5. The molecule has 1 saturated heterocycles. The van der Waals surface area contributed by atoms with Crippen LogP contribution < -0.4 is 0 Å². The minimum atomic E-state index is -1.19. The summed E-state index contributed by atoms with van der Waals surface area (Å²) in [5, 5.41) is 28.8. The van der Waals surface area contributed by atoms with Gasteiger partial charge in [-0.15, -0.1) is 0 Å². The molecule has 1 aliphatic rings. The van der Waals surface area contributed by atoms with E-state index in [4.69, 9.17) is 9.47 Å². The van der Waals surface area contributed by atoms with Gasteiger partial charge in [0.1, 0.15) is 18.3 Å². The van der Waals surface area contributed by atoms with Crippen LogP contribution in [0.3, 0.4) is 0 Å². The van der Waals surface area contributed by atoms with Gasteiger partial charge in [-0.25, -0.2) is 0 Å². The van der Waals surface area contributed by atoms with Gasteiger partial charge in [-0.1, -0.05) is 103 Å². The zero-order chi connectivity index (χ0) is 20.5. The van der Waals surface area contributed by atoms with Crippen LogP contribution in [0.4, 0.5) is 0 Å². The summed E-state index contributed by atoms with van der Waals surface area (Å²) in [5.74, 6) is 0. The van der Waals surface area contributed by atoms with Gasteiger partial charge in [-0.3, -0.25) is 0 Å². The van der Waals surface area contributed by atoms with Gasteiger partial charge in [0.2, 0.25) is 0 Å². The zero-order valence-electron chi connectivity index (χ0n) is 18.2. The Labute approximate surface area is 172 Å². The zero-order valence-corrected chi connectivity index (χ0v) is 18.2. The molecule has 0 aliphatic carbocycles. The molecule has 0 saturated carbocycles. The third-order valence-electron chi connectivity index (χ3n) is 5.73. The first-order chi connectivity index (χ1) is 13.7. The van der Waals surface area contributed by atoms with Crippen LogP contribution in [-0.4, -0.2) is 53.1 Å². The van der Waals surface area contributed by atoms with Crippen LogP contribution in [-0.2, 0) is 9.47 Å². The molecule has 5 nitrogen and oxygen atoms in total. The monoisotopic (exact) mass is 402 g/mol. The molecule has 0 unspecified atom stereocenters. The van der Waals surface area contributed by atoms with Crippen molar-refractivity contribution in [3.8, 4) is 0 Å². The van der Waals surface area contributed by atoms with Crippen molar-refractivity contribution < 1.29 is 24.8 Å². The molecule has 0 amide bonds. The summed E-state index contributed by atoms with van der Waals surface area (Å²) in [7, 11) is 0. The smallest absolute Gasteiger partial charge is 0.186 e. The summed E-state index contributed by atoms with van der Waals surface area (Å²) >= 11 is 0. The second-order valence-corrected chi connectivity index (χ2v) is 8.42. The highest BCUT2D eigenvalue weighted by Crippen LogP contribution is 2.17. The van der Waals surface area contributed by atoms with Crippen molar-refractivity contribution in [1.82, 2.24) is 0 Å². The number of aliphatic hydroxyl groups excluding tert-OH is 3. The van der Waals surface area contributed by atoms with Gasteiger partial charge in [0.05, 0.1) is 6.61 Å². The van der Waals surface area contributed by atoms with E-state index in [0.717, 1.165) is 12.8 Å². The lowest BCUT2D eigenvalue weighted by molar-refractivity contribution is -0.270. The van der Waals surface area contributed by atoms with E-state index in [1.807, 2.05) is 0 Å². The lowest BCUT2D eigenvalue weighted by Crippen LogP contribution is -2.53. The summed E-state index contributed by atoms with van der Waals surface area (Å²) in [6.45, 7) is 2.79. The standard InChI is InChI=1S/C23H46O5/c1-2-3-4-5-6-7-8-9-10-11-12-13-14-15-16-17-18-27-23-22(26)21(25)20(24)19-28-23/h20-26H,2-19H2,1H3/t20-,21+,22-,23-/m1/s1. The molecule has 1 heterocycles. The molecule has 0 radical (unpaired) electrons. The van der Waals surface area contributed by atoms with Crippen LogP contribution >= 0.6 is 0 Å². The van der Waals surface area contributed by atoms with Crippen molar-refractivity contribution >= 4 is 0 Å². The first kappa shape index (κ1) is 25.8. The van der Waals surface area contributed by atoms with Crippen molar-refractivity contribution in [3.63, 3.8) is 0 Å². The summed E-state index contributed by atoms with van der Waals surface area (Å²) in [5.41, 5.74) is 0. The Bertz CT molecular complexity index is 339. The van der Waals surface area contributed by atoms with Gasteiger partial charge in [-0.05, 0) is 6.42 Å². The minimum Gasteiger partial charge on any atom is -0.388 e. The lowest BCUT2D eigenvalue weighted by atomic mass is 10.0. The number of hydrogen-bond donors (Lipinski definition) is 3. The summed E-state index contributed by atoms with van der Waals surface area (Å²) in [4.78, 5) is 0. The highest BCUT2D eigenvalue weighted by molar-refractivity contribution is 4.82. The van der Waals surface area contributed by atoms with E-state index < -0.39 is 24.6 Å². The van der Waals surface area contributed by atoms with Gasteiger partial charge < -0.3 is 24.8 Å². The Morgan fingerprint density at radius 1 is 0.643 bits per heavy atom. The second-order valence-electron chi connectivity index (χ2n) is 8.42. The van der Waals surface area contributed by atoms with Crippen molar-refractivity contribution in [3.05, 3.63) is 0 Å². The van der Waals surface area contributed by atoms with Gasteiger partial charge in [0.15, 0.2) is 6.29 Å². The van der Waals surface area contributed by atoms with Crippen molar-refractivity contribution in [2.45, 2.75) is 134 Å². The fourth-order valence-electron chi connectivity index (χ4n) is 3.78. The Balaban J connectivity index is 1.77. The van der Waals surface area contributed by atoms with Crippen molar-refractivity contribution in [1.29, 1.82) is 0 Å². The van der Waals surface area contributed by atoms with Crippen LogP contribution in [0.1, 0.15) is 110 Å². The van der Waals surface area contributed by atoms with E-state index >= 15 is 0 Å². The summed E-state index contributed by atoms with van der Waals surface area (Å²) < 4.78 is 10.7. The maximum Gasteiger partial charge on any atom is 0.186 e. The van der Waals surface area contributed by atoms with Crippen molar-refractivity contribution in [2.75, 3.05) is 13.2 Å². The third-order valence-corrected chi connectivity index (χ3v) is 5.73. The molecule has 0 spiro atoms. The van der Waals surface area contributed by atoms with E-state index in [-0.39, 0.29) is 6.61 Å². The molecule has 5 heteroatoms. The number of rotatable bonds is 18. The van der Waals surface area contributed by atoms with Crippen LogP contribution in [0.15, 0.2) is 0 Å².